The molecule has 5 nitrogen and oxygen atoms in total. The molecule has 0 saturated carbocycles. The van der Waals surface area contributed by atoms with Gasteiger partial charge in [-0.25, -0.2) is 4.98 Å². The van der Waals surface area contributed by atoms with Crippen molar-refractivity contribution in [3.05, 3.63) is 133 Å². The van der Waals surface area contributed by atoms with E-state index in [0.29, 0.717) is 26.0 Å². The highest BCUT2D eigenvalue weighted by atomic mass is 16.5. The smallest absolute Gasteiger partial charge is 0.224 e. The molecule has 0 spiro atoms. The average molecular weight is 540 g/mol. The van der Waals surface area contributed by atoms with E-state index >= 15 is 0 Å². The van der Waals surface area contributed by atoms with E-state index in [1.54, 1.807) is 0 Å². The zero-order valence-electron chi connectivity index (χ0n) is 23.0. The summed E-state index contributed by atoms with van der Waals surface area (Å²) >= 11 is 0. The van der Waals surface area contributed by atoms with E-state index in [-0.39, 0.29) is 5.91 Å². The normalized spacial score (nSPS) is 11.1. The monoisotopic (exact) mass is 539 g/mol. The number of carbonyl (C=O) groups excluding carboxylic acids is 1. The number of imidazole rings is 1. The Bertz CT molecular complexity index is 1750. The van der Waals surface area contributed by atoms with Gasteiger partial charge in [0.05, 0.1) is 24.1 Å². The van der Waals surface area contributed by atoms with Gasteiger partial charge < -0.3 is 14.6 Å². The zero-order chi connectivity index (χ0) is 27.9. The number of ether oxygens (including phenoxy) is 1. The van der Waals surface area contributed by atoms with Crippen LogP contribution in [0.5, 0.6) is 5.75 Å². The predicted molar refractivity (Wildman–Crippen MR) is 166 cm³/mol. The lowest BCUT2D eigenvalue weighted by Gasteiger charge is -2.12. The summed E-state index contributed by atoms with van der Waals surface area (Å²) in [6.45, 7) is 1.94. The first-order valence-corrected chi connectivity index (χ1v) is 14.2. The molecule has 0 bridgehead atoms. The number of benzene rings is 5. The van der Waals surface area contributed by atoms with Crippen molar-refractivity contribution < 1.29 is 9.53 Å². The molecule has 5 aromatic carbocycles. The van der Waals surface area contributed by atoms with E-state index in [2.05, 4.69) is 58.4 Å². The lowest BCUT2D eigenvalue weighted by Crippen LogP contribution is -2.28. The van der Waals surface area contributed by atoms with Gasteiger partial charge in [-0.05, 0) is 46.7 Å². The fourth-order valence-corrected chi connectivity index (χ4v) is 5.30. The summed E-state index contributed by atoms with van der Waals surface area (Å²) < 4.78 is 8.44. The van der Waals surface area contributed by atoms with Crippen molar-refractivity contribution in [3.8, 4) is 16.9 Å². The summed E-state index contributed by atoms with van der Waals surface area (Å²) in [6.07, 6.45) is 1.87. The Kier molecular flexibility index (Phi) is 8.04. The van der Waals surface area contributed by atoms with Crippen molar-refractivity contribution in [2.75, 3.05) is 13.2 Å². The van der Waals surface area contributed by atoms with Crippen LogP contribution in [0.2, 0.25) is 0 Å². The molecule has 0 radical (unpaired) electrons. The molecule has 1 aromatic heterocycles. The second-order valence-corrected chi connectivity index (χ2v) is 10.2. The molecule has 1 heterocycles. The third kappa shape index (κ3) is 6.30. The third-order valence-electron chi connectivity index (χ3n) is 7.36. The van der Waals surface area contributed by atoms with Crippen LogP contribution < -0.4 is 10.1 Å². The molecule has 41 heavy (non-hydrogen) atoms. The van der Waals surface area contributed by atoms with Crippen LogP contribution >= 0.6 is 0 Å². The van der Waals surface area contributed by atoms with Gasteiger partial charge in [0.2, 0.25) is 5.91 Å². The van der Waals surface area contributed by atoms with Gasteiger partial charge in [0.1, 0.15) is 11.6 Å². The molecule has 1 amide bonds. The minimum Gasteiger partial charge on any atom is -0.493 e. The van der Waals surface area contributed by atoms with Gasteiger partial charge in [-0.15, -0.1) is 0 Å². The minimum absolute atomic E-state index is 0.0172. The predicted octanol–water partition coefficient (Wildman–Crippen LogP) is 7.23. The molecule has 6 rings (SSSR count). The molecule has 204 valence electrons. The highest BCUT2D eigenvalue weighted by molar-refractivity contribution is 5.88. The molecular weight excluding hydrogens is 506 g/mol. The van der Waals surface area contributed by atoms with Gasteiger partial charge in [-0.3, -0.25) is 4.79 Å². The first kappa shape index (κ1) is 26.3. The first-order chi connectivity index (χ1) is 20.2. The first-order valence-electron chi connectivity index (χ1n) is 14.2. The SMILES string of the molecule is O=C(Cc1ccc(-c2ccccc2)cc1)NCCc1nc2ccccc2n1CCCOc1cccc2ccccc12. The fourth-order valence-electron chi connectivity index (χ4n) is 5.30. The van der Waals surface area contributed by atoms with Gasteiger partial charge in [-0.2, -0.15) is 0 Å². The van der Waals surface area contributed by atoms with Crippen LogP contribution in [0.3, 0.4) is 0 Å². The van der Waals surface area contributed by atoms with E-state index in [1.165, 1.54) is 10.9 Å². The zero-order valence-corrected chi connectivity index (χ0v) is 23.0. The molecule has 0 saturated heterocycles. The number of fused-ring (bicyclic) bond motifs is 2. The summed E-state index contributed by atoms with van der Waals surface area (Å²) in [7, 11) is 0. The molecular formula is C36H33N3O2. The topological polar surface area (TPSA) is 56.2 Å². The Morgan fingerprint density at radius 1 is 0.756 bits per heavy atom. The highest BCUT2D eigenvalue weighted by Crippen LogP contribution is 2.25. The number of nitrogens with zero attached hydrogens (tertiary/aromatic N) is 2. The lowest BCUT2D eigenvalue weighted by molar-refractivity contribution is -0.120. The van der Waals surface area contributed by atoms with Crippen molar-refractivity contribution in [1.82, 2.24) is 14.9 Å². The molecule has 0 atom stereocenters. The van der Waals surface area contributed by atoms with Crippen LogP contribution in [0.4, 0.5) is 0 Å². The number of aromatic nitrogens is 2. The van der Waals surface area contributed by atoms with E-state index in [9.17, 15) is 4.79 Å². The Labute approximate surface area is 240 Å². The van der Waals surface area contributed by atoms with Crippen LogP contribution in [-0.4, -0.2) is 28.6 Å². The summed E-state index contributed by atoms with van der Waals surface area (Å²) in [5.41, 5.74) is 5.41. The number of aryl methyl sites for hydroxylation is 1. The number of amides is 1. The van der Waals surface area contributed by atoms with Crippen LogP contribution in [0, 0.1) is 0 Å². The van der Waals surface area contributed by atoms with E-state index in [0.717, 1.165) is 52.1 Å². The van der Waals surface area contributed by atoms with Crippen LogP contribution in [0.15, 0.2) is 121 Å². The van der Waals surface area contributed by atoms with Gasteiger partial charge in [0, 0.05) is 24.9 Å². The molecule has 0 aliphatic carbocycles. The van der Waals surface area contributed by atoms with Crippen molar-refractivity contribution in [3.63, 3.8) is 0 Å². The summed E-state index contributed by atoms with van der Waals surface area (Å²) in [5, 5.41) is 5.40. The number of para-hydroxylation sites is 2. The number of rotatable bonds is 11. The van der Waals surface area contributed by atoms with E-state index in [1.807, 2.05) is 72.8 Å². The van der Waals surface area contributed by atoms with Gasteiger partial charge >= 0.3 is 0 Å². The molecule has 5 heteroatoms. The number of nitrogens with one attached hydrogen (secondary N) is 1. The Balaban J connectivity index is 1.04. The maximum absolute atomic E-state index is 12.7. The van der Waals surface area contributed by atoms with Crippen LogP contribution in [0.1, 0.15) is 17.8 Å². The Morgan fingerprint density at radius 3 is 2.37 bits per heavy atom. The Hall–Kier alpha value is -4.90. The third-order valence-corrected chi connectivity index (χ3v) is 7.36. The lowest BCUT2D eigenvalue weighted by atomic mass is 10.0. The summed E-state index contributed by atoms with van der Waals surface area (Å²) in [4.78, 5) is 17.6. The summed E-state index contributed by atoms with van der Waals surface area (Å²) in [5.74, 6) is 1.91. The Morgan fingerprint density at radius 2 is 1.49 bits per heavy atom. The largest absolute Gasteiger partial charge is 0.493 e. The van der Waals surface area contributed by atoms with Gasteiger partial charge in [-0.1, -0.05) is 103 Å². The molecule has 0 aliphatic heterocycles. The maximum Gasteiger partial charge on any atom is 0.224 e. The minimum atomic E-state index is 0.0172. The second-order valence-electron chi connectivity index (χ2n) is 10.2. The number of hydrogen-bond donors (Lipinski definition) is 1. The van der Waals surface area contributed by atoms with Gasteiger partial charge in [0.15, 0.2) is 0 Å². The highest BCUT2D eigenvalue weighted by Gasteiger charge is 2.12. The average Bonchev–Trinajstić information content (AvgIpc) is 3.37. The number of carbonyl (C=O) groups is 1. The van der Waals surface area contributed by atoms with Crippen molar-refractivity contribution in [2.24, 2.45) is 0 Å². The molecule has 1 N–H and O–H groups in total. The van der Waals surface area contributed by atoms with Crippen molar-refractivity contribution >= 4 is 27.7 Å². The molecule has 6 aromatic rings. The summed E-state index contributed by atoms with van der Waals surface area (Å²) in [6, 6.07) is 41.1. The molecule has 0 unspecified atom stereocenters. The fraction of sp³-hybridized carbons (Fsp3) is 0.167. The van der Waals surface area contributed by atoms with Crippen LogP contribution in [-0.2, 0) is 24.2 Å². The standard InChI is InChI=1S/C36H33N3O2/c40-36(26-27-18-20-29(21-19-27)28-10-2-1-3-11-28)37-23-22-35-38-32-15-6-7-16-33(32)39(35)24-9-25-41-34-17-8-13-30-12-4-5-14-31(30)34/h1-8,10-21H,9,22-26H2,(H,37,40). The van der Waals surface area contributed by atoms with Crippen molar-refractivity contribution in [2.45, 2.75) is 25.8 Å². The van der Waals surface area contributed by atoms with E-state index < -0.39 is 0 Å². The maximum atomic E-state index is 12.7. The molecule has 0 fully saturated rings. The molecule has 0 aliphatic rings. The quantitative estimate of drug-likeness (QED) is 0.177. The number of hydrogen-bond acceptors (Lipinski definition) is 3. The second kappa shape index (κ2) is 12.5. The van der Waals surface area contributed by atoms with E-state index in [4.69, 9.17) is 9.72 Å². The van der Waals surface area contributed by atoms with Crippen molar-refractivity contribution in [1.29, 1.82) is 0 Å². The van der Waals surface area contributed by atoms with Gasteiger partial charge in [0.25, 0.3) is 0 Å². The van der Waals surface area contributed by atoms with Crippen LogP contribution in [0.25, 0.3) is 32.9 Å².